The van der Waals surface area contributed by atoms with Crippen molar-refractivity contribution < 1.29 is 9.26 Å². The molecule has 0 aliphatic heterocycles. The van der Waals surface area contributed by atoms with Crippen molar-refractivity contribution in [2.24, 2.45) is 0 Å². The minimum absolute atomic E-state index is 0.229. The van der Waals surface area contributed by atoms with Crippen LogP contribution in [0.5, 0.6) is 5.75 Å². The number of aryl methyl sites for hydroxylation is 1. The second-order valence-electron chi connectivity index (χ2n) is 4.76. The van der Waals surface area contributed by atoms with E-state index < -0.39 is 0 Å². The smallest absolute Gasteiger partial charge is 0.246 e. The zero-order valence-corrected chi connectivity index (χ0v) is 12.8. The van der Waals surface area contributed by atoms with E-state index >= 15 is 0 Å². The summed E-state index contributed by atoms with van der Waals surface area (Å²) in [5.41, 5.74) is 1.78. The van der Waals surface area contributed by atoms with E-state index in [4.69, 9.17) is 20.9 Å². The van der Waals surface area contributed by atoms with Gasteiger partial charge in [-0.2, -0.15) is 4.98 Å². The van der Waals surface area contributed by atoms with Crippen LogP contribution in [0.25, 0.3) is 11.0 Å². The van der Waals surface area contributed by atoms with Crippen molar-refractivity contribution >= 4 is 22.6 Å². The van der Waals surface area contributed by atoms with Crippen LogP contribution in [0.2, 0.25) is 0 Å². The van der Waals surface area contributed by atoms with E-state index in [9.17, 15) is 0 Å². The zero-order chi connectivity index (χ0) is 15.0. The molecule has 0 amide bonds. The fourth-order valence-corrected chi connectivity index (χ4v) is 2.42. The lowest BCUT2D eigenvalue weighted by Gasteiger charge is -2.08. The molecule has 2 heterocycles. The molecule has 6 nitrogen and oxygen atoms in total. The number of rotatable bonds is 4. The van der Waals surface area contributed by atoms with Crippen LogP contribution in [-0.4, -0.2) is 26.8 Å². The summed E-state index contributed by atoms with van der Waals surface area (Å²) >= 11 is 6.24. The number of aromatic nitrogens is 4. The molecule has 0 fully saturated rings. The van der Waals surface area contributed by atoms with E-state index in [1.165, 1.54) is 0 Å². The van der Waals surface area contributed by atoms with Gasteiger partial charge in [-0.1, -0.05) is 5.16 Å². The molecular weight excluding hydrogens is 292 g/mol. The molecule has 0 saturated carbocycles. The van der Waals surface area contributed by atoms with Gasteiger partial charge in [0.1, 0.15) is 18.1 Å². The van der Waals surface area contributed by atoms with Gasteiger partial charge in [0.25, 0.3) is 0 Å². The minimum Gasteiger partial charge on any atom is -0.497 e. The van der Waals surface area contributed by atoms with E-state index in [1.807, 2.05) is 29.7 Å². The van der Waals surface area contributed by atoms with Crippen LogP contribution >= 0.6 is 11.6 Å². The molecule has 0 spiro atoms. The summed E-state index contributed by atoms with van der Waals surface area (Å²) in [6.07, 6.45) is 0. The number of hydrogen-bond acceptors (Lipinski definition) is 5. The minimum atomic E-state index is -0.229. The van der Waals surface area contributed by atoms with Crippen molar-refractivity contribution in [2.45, 2.75) is 25.8 Å². The predicted octanol–water partition coefficient (Wildman–Crippen LogP) is 3.08. The first-order valence-corrected chi connectivity index (χ1v) is 6.99. The highest BCUT2D eigenvalue weighted by molar-refractivity contribution is 6.20. The first kappa shape index (κ1) is 13.9. The summed E-state index contributed by atoms with van der Waals surface area (Å²) in [7, 11) is 1.63. The third kappa shape index (κ3) is 2.58. The molecule has 0 saturated heterocycles. The van der Waals surface area contributed by atoms with Crippen LogP contribution in [0.1, 0.15) is 29.8 Å². The van der Waals surface area contributed by atoms with Gasteiger partial charge < -0.3 is 13.8 Å². The third-order valence-electron chi connectivity index (χ3n) is 3.20. The predicted molar refractivity (Wildman–Crippen MR) is 78.7 cm³/mol. The Morgan fingerprint density at radius 2 is 2.19 bits per heavy atom. The van der Waals surface area contributed by atoms with Crippen LogP contribution in [-0.2, 0) is 6.54 Å². The summed E-state index contributed by atoms with van der Waals surface area (Å²) in [5.74, 6) is 2.65. The molecule has 0 aliphatic carbocycles. The highest BCUT2D eigenvalue weighted by Crippen LogP contribution is 2.27. The Morgan fingerprint density at radius 1 is 1.38 bits per heavy atom. The van der Waals surface area contributed by atoms with Crippen molar-refractivity contribution in [1.82, 2.24) is 19.7 Å². The fourth-order valence-electron chi connectivity index (χ4n) is 2.26. The average molecular weight is 307 g/mol. The van der Waals surface area contributed by atoms with E-state index in [0.717, 1.165) is 22.6 Å². The second-order valence-corrected chi connectivity index (χ2v) is 5.42. The molecule has 0 aliphatic rings. The monoisotopic (exact) mass is 306 g/mol. The van der Waals surface area contributed by atoms with Gasteiger partial charge in [-0.25, -0.2) is 4.98 Å². The summed E-state index contributed by atoms with van der Waals surface area (Å²) < 4.78 is 12.4. The number of imidazole rings is 1. The largest absolute Gasteiger partial charge is 0.497 e. The highest BCUT2D eigenvalue weighted by atomic mass is 35.5. The third-order valence-corrected chi connectivity index (χ3v) is 3.40. The van der Waals surface area contributed by atoms with Crippen molar-refractivity contribution in [3.05, 3.63) is 35.7 Å². The molecule has 21 heavy (non-hydrogen) atoms. The number of hydrogen-bond donors (Lipinski definition) is 0. The molecule has 3 rings (SSSR count). The normalized spacial score (nSPS) is 12.8. The Morgan fingerprint density at radius 3 is 2.81 bits per heavy atom. The quantitative estimate of drug-likeness (QED) is 0.693. The summed E-state index contributed by atoms with van der Waals surface area (Å²) in [4.78, 5) is 8.81. The lowest BCUT2D eigenvalue weighted by Crippen LogP contribution is -2.06. The maximum absolute atomic E-state index is 6.24. The van der Waals surface area contributed by atoms with Gasteiger partial charge in [0.2, 0.25) is 5.89 Å². The standard InChI is InChI=1S/C14H15ClN4O2/c1-8(15)14-17-11-5-4-10(20-3)6-12(11)19(14)7-13-16-9(2)18-21-13/h4-6,8H,7H2,1-3H3. The Bertz CT molecular complexity index is 778. The van der Waals surface area contributed by atoms with Crippen molar-refractivity contribution in [3.8, 4) is 5.75 Å². The van der Waals surface area contributed by atoms with E-state index in [0.29, 0.717) is 18.3 Å². The number of benzene rings is 1. The number of ether oxygens (including phenoxy) is 1. The molecule has 110 valence electrons. The van der Waals surface area contributed by atoms with Gasteiger partial charge in [0.05, 0.1) is 23.5 Å². The number of nitrogens with zero attached hydrogens (tertiary/aromatic N) is 4. The van der Waals surface area contributed by atoms with Crippen LogP contribution in [0.15, 0.2) is 22.7 Å². The Kier molecular flexibility index (Phi) is 3.55. The average Bonchev–Trinajstić information content (AvgIpc) is 3.03. The number of methoxy groups -OCH3 is 1. The maximum atomic E-state index is 6.24. The SMILES string of the molecule is COc1ccc2nc(C(C)Cl)n(Cc3nc(C)no3)c2c1. The first-order valence-electron chi connectivity index (χ1n) is 6.56. The van der Waals surface area contributed by atoms with Crippen molar-refractivity contribution in [3.63, 3.8) is 0 Å². The lowest BCUT2D eigenvalue weighted by atomic mass is 10.3. The molecule has 1 aromatic carbocycles. The van der Waals surface area contributed by atoms with Gasteiger partial charge in [0, 0.05) is 6.07 Å². The molecule has 0 radical (unpaired) electrons. The topological polar surface area (TPSA) is 66.0 Å². The highest BCUT2D eigenvalue weighted by Gasteiger charge is 2.17. The van der Waals surface area contributed by atoms with E-state index in [1.54, 1.807) is 14.0 Å². The van der Waals surface area contributed by atoms with Crippen LogP contribution in [0.3, 0.4) is 0 Å². The molecular formula is C14H15ClN4O2. The van der Waals surface area contributed by atoms with Gasteiger partial charge in [-0.05, 0) is 26.0 Å². The van der Waals surface area contributed by atoms with Crippen molar-refractivity contribution in [2.75, 3.05) is 7.11 Å². The maximum Gasteiger partial charge on any atom is 0.246 e. The van der Waals surface area contributed by atoms with Gasteiger partial charge in [0.15, 0.2) is 5.82 Å². The van der Waals surface area contributed by atoms with Crippen LogP contribution < -0.4 is 4.74 Å². The Hall–Kier alpha value is -2.08. The van der Waals surface area contributed by atoms with E-state index in [-0.39, 0.29) is 5.38 Å². The van der Waals surface area contributed by atoms with Gasteiger partial charge >= 0.3 is 0 Å². The van der Waals surface area contributed by atoms with Crippen LogP contribution in [0.4, 0.5) is 0 Å². The zero-order valence-electron chi connectivity index (χ0n) is 12.0. The number of halogens is 1. The fraction of sp³-hybridized carbons (Fsp3) is 0.357. The first-order chi connectivity index (χ1) is 10.1. The molecule has 3 aromatic rings. The lowest BCUT2D eigenvalue weighted by molar-refractivity contribution is 0.367. The molecule has 2 aromatic heterocycles. The number of fused-ring (bicyclic) bond motifs is 1. The Labute approximate surface area is 126 Å². The molecule has 0 bridgehead atoms. The molecule has 1 unspecified atom stereocenters. The van der Waals surface area contributed by atoms with Gasteiger partial charge in [-0.15, -0.1) is 11.6 Å². The second kappa shape index (κ2) is 5.37. The van der Waals surface area contributed by atoms with Crippen LogP contribution in [0, 0.1) is 6.92 Å². The molecule has 1 atom stereocenters. The number of alkyl halides is 1. The summed E-state index contributed by atoms with van der Waals surface area (Å²) in [5, 5.41) is 3.58. The molecule has 7 heteroatoms. The summed E-state index contributed by atoms with van der Waals surface area (Å²) in [6.45, 7) is 4.10. The molecule has 0 N–H and O–H groups in total. The Balaban J connectivity index is 2.14. The van der Waals surface area contributed by atoms with E-state index in [2.05, 4.69) is 15.1 Å². The van der Waals surface area contributed by atoms with Crippen molar-refractivity contribution in [1.29, 1.82) is 0 Å². The van der Waals surface area contributed by atoms with Gasteiger partial charge in [-0.3, -0.25) is 0 Å². The summed E-state index contributed by atoms with van der Waals surface area (Å²) in [6, 6.07) is 5.71.